The van der Waals surface area contributed by atoms with Gasteiger partial charge in [-0.05, 0) is 38.8 Å². The first-order chi connectivity index (χ1) is 6.24. The molecule has 0 radical (unpaired) electrons. The van der Waals surface area contributed by atoms with Crippen molar-refractivity contribution < 1.29 is 5.11 Å². The van der Waals surface area contributed by atoms with Crippen molar-refractivity contribution in [3.63, 3.8) is 0 Å². The van der Waals surface area contributed by atoms with E-state index in [0.29, 0.717) is 5.69 Å². The summed E-state index contributed by atoms with van der Waals surface area (Å²) in [6.45, 7) is -0.0176. The molecule has 0 fully saturated rings. The molecule has 1 heterocycles. The number of benzene rings is 1. The molecule has 0 aliphatic rings. The number of nitrogens with two attached hydrogens (primary N) is 1. The summed E-state index contributed by atoms with van der Waals surface area (Å²) < 4.78 is 2.03. The zero-order valence-corrected chi connectivity index (χ0v) is 9.15. The molecule has 0 saturated heterocycles. The van der Waals surface area contributed by atoms with Gasteiger partial charge in [0.1, 0.15) is 0 Å². The first-order valence-corrected chi connectivity index (χ1v) is 5.46. The van der Waals surface area contributed by atoms with Gasteiger partial charge in [0.25, 0.3) is 0 Å². The highest BCUT2D eigenvalue weighted by Crippen LogP contribution is 2.35. The molecule has 1 aromatic carbocycles. The van der Waals surface area contributed by atoms with Crippen LogP contribution in [0.3, 0.4) is 0 Å². The summed E-state index contributed by atoms with van der Waals surface area (Å²) in [7, 11) is 0. The van der Waals surface area contributed by atoms with E-state index in [2.05, 4.69) is 15.9 Å². The molecule has 0 aliphatic carbocycles. The summed E-state index contributed by atoms with van der Waals surface area (Å²) in [5.74, 6) is 0. The zero-order chi connectivity index (χ0) is 9.42. The van der Waals surface area contributed by atoms with Gasteiger partial charge in [-0.1, -0.05) is 0 Å². The van der Waals surface area contributed by atoms with Crippen molar-refractivity contribution in [1.82, 2.24) is 0 Å². The van der Waals surface area contributed by atoms with Crippen LogP contribution in [0.4, 0.5) is 5.69 Å². The van der Waals surface area contributed by atoms with Crippen molar-refractivity contribution >= 4 is 43.0 Å². The van der Waals surface area contributed by atoms with Crippen molar-refractivity contribution in [1.29, 1.82) is 0 Å². The van der Waals surface area contributed by atoms with E-state index in [1.807, 2.05) is 17.5 Å². The minimum absolute atomic E-state index is 0.0176. The van der Waals surface area contributed by atoms with Crippen LogP contribution in [0.2, 0.25) is 0 Å². The molecule has 4 heteroatoms. The molecule has 0 unspecified atom stereocenters. The predicted molar refractivity (Wildman–Crippen MR) is 59.9 cm³/mol. The van der Waals surface area contributed by atoms with Crippen molar-refractivity contribution in [3.8, 4) is 0 Å². The third-order valence-electron chi connectivity index (χ3n) is 1.98. The molecule has 2 aromatic rings. The fourth-order valence-corrected chi connectivity index (χ4v) is 2.86. The summed E-state index contributed by atoms with van der Waals surface area (Å²) in [6, 6.07) is 3.94. The monoisotopic (exact) mass is 257 g/mol. The van der Waals surface area contributed by atoms with E-state index >= 15 is 0 Å². The Balaban J connectivity index is 2.83. The lowest BCUT2D eigenvalue weighted by Gasteiger charge is -2.05. The maximum atomic E-state index is 9.04. The normalized spacial score (nSPS) is 10.9. The lowest BCUT2D eigenvalue weighted by atomic mass is 10.1. The summed E-state index contributed by atoms with van der Waals surface area (Å²) >= 11 is 5.06. The van der Waals surface area contributed by atoms with Crippen LogP contribution in [-0.4, -0.2) is 5.11 Å². The number of nitrogen functional groups attached to an aromatic ring is 1. The van der Waals surface area contributed by atoms with Crippen LogP contribution in [0.1, 0.15) is 5.56 Å². The zero-order valence-electron chi connectivity index (χ0n) is 6.75. The van der Waals surface area contributed by atoms with E-state index < -0.39 is 0 Å². The number of hydrogen-bond acceptors (Lipinski definition) is 3. The van der Waals surface area contributed by atoms with Gasteiger partial charge in [-0.25, -0.2) is 0 Å². The Morgan fingerprint density at radius 3 is 3.00 bits per heavy atom. The van der Waals surface area contributed by atoms with Crippen LogP contribution in [0.15, 0.2) is 22.0 Å². The number of hydrogen-bond donors (Lipinski definition) is 2. The third kappa shape index (κ3) is 1.35. The first-order valence-electron chi connectivity index (χ1n) is 3.79. The number of rotatable bonds is 1. The number of halogens is 1. The molecular weight excluding hydrogens is 250 g/mol. The van der Waals surface area contributed by atoms with E-state index in [0.717, 1.165) is 20.1 Å². The average Bonchev–Trinajstić information content (AvgIpc) is 2.59. The highest BCUT2D eigenvalue weighted by Gasteiger charge is 2.08. The van der Waals surface area contributed by atoms with Gasteiger partial charge in [0.15, 0.2) is 0 Å². The number of fused-ring (bicyclic) bond motifs is 1. The lowest BCUT2D eigenvalue weighted by Crippen LogP contribution is -1.94. The Morgan fingerprint density at radius 1 is 1.54 bits per heavy atom. The molecule has 1 aromatic heterocycles. The smallest absolute Gasteiger partial charge is 0.0702 e. The lowest BCUT2D eigenvalue weighted by molar-refractivity contribution is 0.282. The minimum Gasteiger partial charge on any atom is -0.397 e. The molecule has 13 heavy (non-hydrogen) atoms. The van der Waals surface area contributed by atoms with Gasteiger partial charge in [0.05, 0.1) is 21.5 Å². The second-order valence-electron chi connectivity index (χ2n) is 2.76. The largest absolute Gasteiger partial charge is 0.397 e. The van der Waals surface area contributed by atoms with Gasteiger partial charge in [-0.3, -0.25) is 0 Å². The van der Waals surface area contributed by atoms with Crippen molar-refractivity contribution in [2.45, 2.75) is 6.61 Å². The highest BCUT2D eigenvalue weighted by molar-refractivity contribution is 9.10. The van der Waals surface area contributed by atoms with Gasteiger partial charge >= 0.3 is 0 Å². The van der Waals surface area contributed by atoms with Gasteiger partial charge in [0.2, 0.25) is 0 Å². The minimum atomic E-state index is -0.0176. The molecule has 0 spiro atoms. The maximum absolute atomic E-state index is 9.04. The highest BCUT2D eigenvalue weighted by atomic mass is 79.9. The molecule has 0 bridgehead atoms. The van der Waals surface area contributed by atoms with E-state index in [1.54, 1.807) is 11.3 Å². The average molecular weight is 258 g/mol. The second kappa shape index (κ2) is 3.29. The standard InChI is InChI=1S/C9H8BrNOS/c10-7-8(11)6(4-12)3-5-1-2-13-9(5)7/h1-3,12H,4,11H2. The van der Waals surface area contributed by atoms with Gasteiger partial charge in [-0.2, -0.15) is 0 Å². The summed E-state index contributed by atoms with van der Waals surface area (Å²) in [5.41, 5.74) is 7.23. The van der Waals surface area contributed by atoms with Gasteiger partial charge in [-0.15, -0.1) is 11.3 Å². The molecule has 0 atom stereocenters. The van der Waals surface area contributed by atoms with Crippen LogP contribution in [0.5, 0.6) is 0 Å². The predicted octanol–water partition coefficient (Wildman–Crippen LogP) is 2.74. The van der Waals surface area contributed by atoms with Crippen molar-refractivity contribution in [2.24, 2.45) is 0 Å². The van der Waals surface area contributed by atoms with Gasteiger partial charge < -0.3 is 10.8 Å². The van der Waals surface area contributed by atoms with Crippen molar-refractivity contribution in [2.75, 3.05) is 5.73 Å². The fraction of sp³-hybridized carbons (Fsp3) is 0.111. The molecule has 0 amide bonds. The fourth-order valence-electron chi connectivity index (χ4n) is 1.27. The number of thiophene rings is 1. The SMILES string of the molecule is Nc1c(CO)cc2ccsc2c1Br. The quantitative estimate of drug-likeness (QED) is 0.772. The van der Waals surface area contributed by atoms with Crippen LogP contribution < -0.4 is 5.73 Å². The van der Waals surface area contributed by atoms with Crippen LogP contribution >= 0.6 is 27.3 Å². The second-order valence-corrected chi connectivity index (χ2v) is 4.47. The summed E-state index contributed by atoms with van der Waals surface area (Å²) in [4.78, 5) is 0. The molecule has 2 nitrogen and oxygen atoms in total. The van der Waals surface area contributed by atoms with E-state index in [-0.39, 0.29) is 6.61 Å². The Morgan fingerprint density at radius 2 is 2.31 bits per heavy atom. The number of anilines is 1. The van der Waals surface area contributed by atoms with Crippen LogP contribution in [0.25, 0.3) is 10.1 Å². The molecule has 2 rings (SSSR count). The molecule has 0 saturated carbocycles. The molecule has 3 N–H and O–H groups in total. The number of aliphatic hydroxyl groups excluding tert-OH is 1. The van der Waals surface area contributed by atoms with Gasteiger partial charge in [0, 0.05) is 5.56 Å². The van der Waals surface area contributed by atoms with Crippen molar-refractivity contribution in [3.05, 3.63) is 27.5 Å². The summed E-state index contributed by atoms with van der Waals surface area (Å²) in [6.07, 6.45) is 0. The maximum Gasteiger partial charge on any atom is 0.0702 e. The summed E-state index contributed by atoms with van der Waals surface area (Å²) in [5, 5.41) is 12.2. The Hall–Kier alpha value is -0.580. The molecule has 68 valence electrons. The Bertz CT molecular complexity index is 452. The Kier molecular flexibility index (Phi) is 2.27. The van der Waals surface area contributed by atoms with Crippen LogP contribution in [-0.2, 0) is 6.61 Å². The Labute approximate surface area is 88.1 Å². The first kappa shape index (κ1) is 8.99. The van der Waals surface area contributed by atoms with E-state index in [4.69, 9.17) is 10.8 Å². The number of aliphatic hydroxyl groups is 1. The molecular formula is C9H8BrNOS. The van der Waals surface area contributed by atoms with Crippen LogP contribution in [0, 0.1) is 0 Å². The van der Waals surface area contributed by atoms with E-state index in [9.17, 15) is 0 Å². The third-order valence-corrected chi connectivity index (χ3v) is 4.01. The van der Waals surface area contributed by atoms with E-state index in [1.165, 1.54) is 0 Å². The topological polar surface area (TPSA) is 46.2 Å². The molecule has 0 aliphatic heterocycles.